The molecular weight excluding hydrogens is 274 g/mol. The molecule has 1 fully saturated rings. The molecule has 0 saturated carbocycles. The average Bonchev–Trinajstić information content (AvgIpc) is 2.89. The van der Waals surface area contributed by atoms with Gasteiger partial charge in [-0.1, -0.05) is 6.07 Å². The van der Waals surface area contributed by atoms with Crippen molar-refractivity contribution in [3.05, 3.63) is 24.4 Å². The molecule has 106 valence electrons. The average molecular weight is 291 g/mol. The second-order valence-corrected chi connectivity index (χ2v) is 5.32. The molecule has 0 aromatic carbocycles. The van der Waals surface area contributed by atoms with Gasteiger partial charge in [0.15, 0.2) is 16.6 Å². The number of nitrogen functional groups attached to an aromatic ring is 1. The van der Waals surface area contributed by atoms with Crippen LogP contribution in [0.5, 0.6) is 5.75 Å². The number of nitrogens with two attached hydrogens (primary N) is 1. The van der Waals surface area contributed by atoms with Crippen molar-refractivity contribution in [2.75, 3.05) is 48.8 Å². The monoisotopic (exact) mass is 291 g/mol. The Balaban J connectivity index is 1.69. The zero-order chi connectivity index (χ0) is 13.9. The summed E-state index contributed by atoms with van der Waals surface area (Å²) in [5, 5.41) is 1.02. The smallest absolute Gasteiger partial charge is 0.197 e. The summed E-state index contributed by atoms with van der Waals surface area (Å²) in [5.74, 6) is 2.20. The quantitative estimate of drug-likeness (QED) is 0.923. The summed E-state index contributed by atoms with van der Waals surface area (Å²) in [6.45, 7) is 3.68. The van der Waals surface area contributed by atoms with Gasteiger partial charge in [-0.25, -0.2) is 4.98 Å². The van der Waals surface area contributed by atoms with Gasteiger partial charge in [0.05, 0.1) is 7.11 Å². The molecule has 6 nitrogen and oxygen atoms in total. The lowest BCUT2D eigenvalue weighted by Gasteiger charge is -2.35. The first-order valence-corrected chi connectivity index (χ1v) is 7.27. The summed E-state index contributed by atoms with van der Waals surface area (Å²) in [7, 11) is 1.63. The Morgan fingerprint density at radius 1 is 1.20 bits per heavy atom. The first kappa shape index (κ1) is 13.0. The maximum Gasteiger partial charge on any atom is 0.197 e. The summed E-state index contributed by atoms with van der Waals surface area (Å²) in [4.78, 5) is 8.95. The van der Waals surface area contributed by atoms with E-state index in [4.69, 9.17) is 10.5 Å². The van der Waals surface area contributed by atoms with E-state index in [1.165, 1.54) is 11.5 Å². The standard InChI is InChI=1S/C13H17N5OS/c1-19-11-12(14)16-20-13(11)18-8-6-17(7-9-18)10-4-2-3-5-15-10/h2-5H,6-9H2,1H3,(H2,14,16). The number of anilines is 3. The number of piperazine rings is 1. The van der Waals surface area contributed by atoms with Crippen LogP contribution in [0.15, 0.2) is 24.4 Å². The lowest BCUT2D eigenvalue weighted by Crippen LogP contribution is -2.46. The van der Waals surface area contributed by atoms with Gasteiger partial charge in [0.25, 0.3) is 0 Å². The van der Waals surface area contributed by atoms with E-state index in [2.05, 4.69) is 19.2 Å². The number of pyridine rings is 1. The third-order valence-electron chi connectivity index (χ3n) is 3.40. The van der Waals surface area contributed by atoms with Crippen molar-refractivity contribution in [3.63, 3.8) is 0 Å². The number of ether oxygens (including phenoxy) is 1. The second kappa shape index (κ2) is 5.54. The Morgan fingerprint density at radius 3 is 2.60 bits per heavy atom. The number of nitrogens with zero attached hydrogens (tertiary/aromatic N) is 4. The van der Waals surface area contributed by atoms with Gasteiger partial charge in [-0.05, 0) is 23.7 Å². The van der Waals surface area contributed by atoms with E-state index in [0.717, 1.165) is 37.0 Å². The lowest BCUT2D eigenvalue weighted by molar-refractivity contribution is 0.417. The highest BCUT2D eigenvalue weighted by Gasteiger charge is 2.23. The zero-order valence-corrected chi connectivity index (χ0v) is 12.1. The van der Waals surface area contributed by atoms with E-state index in [0.29, 0.717) is 11.6 Å². The SMILES string of the molecule is COc1c(N)nsc1N1CCN(c2ccccn2)CC1. The minimum Gasteiger partial charge on any atom is -0.490 e. The number of aromatic nitrogens is 2. The molecule has 2 aromatic heterocycles. The van der Waals surface area contributed by atoms with Crippen LogP contribution in [-0.2, 0) is 0 Å². The molecule has 0 atom stereocenters. The molecule has 0 bridgehead atoms. The molecule has 2 N–H and O–H groups in total. The summed E-state index contributed by atoms with van der Waals surface area (Å²) in [5.41, 5.74) is 5.80. The molecule has 3 rings (SSSR count). The number of hydrogen-bond acceptors (Lipinski definition) is 7. The van der Waals surface area contributed by atoms with E-state index in [9.17, 15) is 0 Å². The van der Waals surface area contributed by atoms with Crippen molar-refractivity contribution in [3.8, 4) is 5.75 Å². The van der Waals surface area contributed by atoms with Gasteiger partial charge in [-0.15, -0.1) is 0 Å². The highest BCUT2D eigenvalue weighted by molar-refractivity contribution is 7.11. The van der Waals surface area contributed by atoms with Crippen LogP contribution in [0, 0.1) is 0 Å². The maximum atomic E-state index is 5.80. The fourth-order valence-corrected chi connectivity index (χ4v) is 3.19. The first-order chi connectivity index (χ1) is 9.79. The summed E-state index contributed by atoms with van der Waals surface area (Å²) >= 11 is 1.40. The highest BCUT2D eigenvalue weighted by Crippen LogP contribution is 2.38. The Hall–Kier alpha value is -2.02. The Morgan fingerprint density at radius 2 is 1.95 bits per heavy atom. The Kier molecular flexibility index (Phi) is 3.60. The van der Waals surface area contributed by atoms with Crippen molar-refractivity contribution < 1.29 is 4.74 Å². The minimum atomic E-state index is 0.472. The molecule has 0 aliphatic carbocycles. The van der Waals surface area contributed by atoms with Crippen LogP contribution in [0.4, 0.5) is 16.6 Å². The number of rotatable bonds is 3. The van der Waals surface area contributed by atoms with Gasteiger partial charge in [0.1, 0.15) is 5.82 Å². The predicted molar refractivity (Wildman–Crippen MR) is 81.7 cm³/mol. The Labute approximate surface area is 122 Å². The fourth-order valence-electron chi connectivity index (χ4n) is 2.36. The van der Waals surface area contributed by atoms with Crippen molar-refractivity contribution in [1.82, 2.24) is 9.36 Å². The molecule has 0 unspecified atom stereocenters. The van der Waals surface area contributed by atoms with Crippen LogP contribution in [-0.4, -0.2) is 42.6 Å². The predicted octanol–water partition coefficient (Wildman–Crippen LogP) is 1.46. The van der Waals surface area contributed by atoms with Crippen molar-refractivity contribution >= 4 is 28.2 Å². The van der Waals surface area contributed by atoms with Gasteiger partial charge >= 0.3 is 0 Å². The van der Waals surface area contributed by atoms with Crippen LogP contribution in [0.2, 0.25) is 0 Å². The summed E-state index contributed by atoms with van der Waals surface area (Å²) < 4.78 is 9.50. The highest BCUT2D eigenvalue weighted by atomic mass is 32.1. The van der Waals surface area contributed by atoms with Crippen molar-refractivity contribution in [2.45, 2.75) is 0 Å². The van der Waals surface area contributed by atoms with Gasteiger partial charge in [0.2, 0.25) is 0 Å². The van der Waals surface area contributed by atoms with Crippen molar-refractivity contribution in [1.29, 1.82) is 0 Å². The normalized spacial score (nSPS) is 15.4. The van der Waals surface area contributed by atoms with E-state index in [1.54, 1.807) is 7.11 Å². The van der Waals surface area contributed by atoms with Crippen molar-refractivity contribution in [2.24, 2.45) is 0 Å². The molecule has 1 saturated heterocycles. The van der Waals surface area contributed by atoms with Gasteiger partial charge in [0, 0.05) is 32.4 Å². The van der Waals surface area contributed by atoms with E-state index in [1.807, 2.05) is 24.4 Å². The minimum absolute atomic E-state index is 0.472. The summed E-state index contributed by atoms with van der Waals surface area (Å²) in [6.07, 6.45) is 1.83. The molecule has 1 aliphatic rings. The third-order valence-corrected chi connectivity index (χ3v) is 4.31. The molecule has 0 amide bonds. The number of hydrogen-bond donors (Lipinski definition) is 1. The number of methoxy groups -OCH3 is 1. The largest absolute Gasteiger partial charge is 0.490 e. The molecule has 1 aliphatic heterocycles. The van der Waals surface area contributed by atoms with Gasteiger partial charge in [-0.2, -0.15) is 4.37 Å². The van der Waals surface area contributed by atoms with Crippen LogP contribution in [0.25, 0.3) is 0 Å². The van der Waals surface area contributed by atoms with Crippen LogP contribution in [0.1, 0.15) is 0 Å². The second-order valence-electron chi connectivity index (χ2n) is 4.57. The first-order valence-electron chi connectivity index (χ1n) is 6.49. The molecule has 3 heterocycles. The van der Waals surface area contributed by atoms with Crippen LogP contribution < -0.4 is 20.3 Å². The third kappa shape index (κ3) is 2.36. The van der Waals surface area contributed by atoms with E-state index >= 15 is 0 Å². The molecular formula is C13H17N5OS. The van der Waals surface area contributed by atoms with Crippen LogP contribution in [0.3, 0.4) is 0 Å². The molecule has 2 aromatic rings. The molecule has 20 heavy (non-hydrogen) atoms. The fraction of sp³-hybridized carbons (Fsp3) is 0.385. The zero-order valence-electron chi connectivity index (χ0n) is 11.3. The lowest BCUT2D eigenvalue weighted by atomic mass is 10.3. The summed E-state index contributed by atoms with van der Waals surface area (Å²) in [6, 6.07) is 5.99. The molecule has 0 spiro atoms. The Bertz CT molecular complexity index is 565. The molecule has 7 heteroatoms. The van der Waals surface area contributed by atoms with E-state index in [-0.39, 0.29) is 0 Å². The van der Waals surface area contributed by atoms with E-state index < -0.39 is 0 Å². The molecule has 0 radical (unpaired) electrons. The maximum absolute atomic E-state index is 5.80. The van der Waals surface area contributed by atoms with Gasteiger partial charge < -0.3 is 20.3 Å². The topological polar surface area (TPSA) is 67.5 Å². The van der Waals surface area contributed by atoms with Gasteiger partial charge in [-0.3, -0.25) is 0 Å². The van der Waals surface area contributed by atoms with Crippen LogP contribution >= 0.6 is 11.5 Å².